The maximum Gasteiger partial charge on any atom is 0.352 e. The lowest BCUT2D eigenvalue weighted by Gasteiger charge is -2.08. The number of aromatic carboxylic acids is 1. The molecule has 0 unspecified atom stereocenters. The molecule has 1 aromatic heterocycles. The van der Waals surface area contributed by atoms with Crippen LogP contribution in [-0.2, 0) is 11.3 Å². The third-order valence-electron chi connectivity index (χ3n) is 2.49. The molecule has 2 aromatic rings. The van der Waals surface area contributed by atoms with Gasteiger partial charge in [0, 0.05) is 16.4 Å². The highest BCUT2D eigenvalue weighted by Gasteiger charge is 2.11. The van der Waals surface area contributed by atoms with Gasteiger partial charge in [-0.2, -0.15) is 0 Å². The van der Waals surface area contributed by atoms with E-state index in [1.54, 1.807) is 24.4 Å². The van der Waals surface area contributed by atoms with Crippen LogP contribution in [0.2, 0.25) is 0 Å². The van der Waals surface area contributed by atoms with Gasteiger partial charge in [-0.25, -0.2) is 4.79 Å². The minimum absolute atomic E-state index is 0.0370. The van der Waals surface area contributed by atoms with Gasteiger partial charge >= 0.3 is 5.97 Å². The van der Waals surface area contributed by atoms with E-state index < -0.39 is 5.97 Å². The number of nitrogens with one attached hydrogen (secondary N) is 1. The summed E-state index contributed by atoms with van der Waals surface area (Å²) in [6, 6.07) is 10.2. The first-order valence-electron chi connectivity index (χ1n) is 5.50. The summed E-state index contributed by atoms with van der Waals surface area (Å²) in [5, 5.41) is 11.6. The number of carboxylic acid groups (broad SMARTS) is 1. The number of carbonyl (C=O) groups excluding carboxylic acids is 1. The monoisotopic (exact) mass is 322 g/mol. The lowest BCUT2D eigenvalue weighted by molar-refractivity contribution is -0.116. The average Bonchev–Trinajstić information content (AvgIpc) is 2.80. The minimum Gasteiger partial charge on any atom is -0.477 e. The first kappa shape index (κ1) is 13.4. The lowest BCUT2D eigenvalue weighted by atomic mass is 10.3. The van der Waals surface area contributed by atoms with Gasteiger partial charge in [-0.1, -0.05) is 15.9 Å². The van der Waals surface area contributed by atoms with Gasteiger partial charge in [-0.3, -0.25) is 4.79 Å². The number of carboxylic acids is 1. The molecule has 1 heterocycles. The summed E-state index contributed by atoms with van der Waals surface area (Å²) in [6.07, 6.45) is 1.56. The van der Waals surface area contributed by atoms with E-state index in [9.17, 15) is 9.59 Å². The van der Waals surface area contributed by atoms with E-state index >= 15 is 0 Å². The van der Waals surface area contributed by atoms with Crippen LogP contribution < -0.4 is 5.32 Å². The largest absolute Gasteiger partial charge is 0.477 e. The van der Waals surface area contributed by atoms with Crippen LogP contribution in [0, 0.1) is 0 Å². The van der Waals surface area contributed by atoms with Crippen LogP contribution in [0.15, 0.2) is 47.1 Å². The number of carbonyl (C=O) groups is 2. The molecule has 1 amide bonds. The Morgan fingerprint density at radius 3 is 2.53 bits per heavy atom. The summed E-state index contributed by atoms with van der Waals surface area (Å²) >= 11 is 3.30. The topological polar surface area (TPSA) is 71.3 Å². The number of aromatic nitrogens is 1. The highest BCUT2D eigenvalue weighted by atomic mass is 79.9. The van der Waals surface area contributed by atoms with E-state index in [1.165, 1.54) is 10.6 Å². The standard InChI is InChI=1S/C13H11BrN2O3/c14-9-3-5-10(6-4-9)15-12(17)8-16-7-1-2-11(16)13(18)19/h1-7H,8H2,(H,15,17)(H,18,19). The number of benzene rings is 1. The van der Waals surface area contributed by atoms with Gasteiger partial charge in [-0.05, 0) is 36.4 Å². The number of rotatable bonds is 4. The maximum absolute atomic E-state index is 11.8. The predicted molar refractivity (Wildman–Crippen MR) is 74.2 cm³/mol. The Hall–Kier alpha value is -2.08. The molecule has 98 valence electrons. The number of anilines is 1. The Labute approximate surface area is 118 Å². The minimum atomic E-state index is -1.05. The molecule has 0 saturated carbocycles. The Balaban J connectivity index is 2.03. The summed E-state index contributed by atoms with van der Waals surface area (Å²) < 4.78 is 2.31. The first-order chi connectivity index (χ1) is 9.06. The molecule has 0 aliphatic rings. The molecule has 19 heavy (non-hydrogen) atoms. The highest BCUT2D eigenvalue weighted by molar-refractivity contribution is 9.10. The summed E-state index contributed by atoms with van der Waals surface area (Å²) in [5.74, 6) is -1.33. The molecule has 0 atom stereocenters. The fourth-order valence-electron chi connectivity index (χ4n) is 1.63. The van der Waals surface area contributed by atoms with Gasteiger partial charge in [0.1, 0.15) is 12.2 Å². The molecule has 1 aromatic carbocycles. The molecule has 6 heteroatoms. The molecule has 2 N–H and O–H groups in total. The van der Waals surface area contributed by atoms with Crippen LogP contribution in [0.5, 0.6) is 0 Å². The Kier molecular flexibility index (Phi) is 4.01. The number of nitrogens with zero attached hydrogens (tertiary/aromatic N) is 1. The van der Waals surface area contributed by atoms with Crippen molar-refractivity contribution in [1.29, 1.82) is 0 Å². The van der Waals surface area contributed by atoms with Crippen LogP contribution in [0.3, 0.4) is 0 Å². The molecular weight excluding hydrogens is 312 g/mol. The predicted octanol–water partition coefficient (Wildman–Crippen LogP) is 2.59. The third kappa shape index (κ3) is 3.45. The lowest BCUT2D eigenvalue weighted by Crippen LogP contribution is -2.20. The Bertz CT molecular complexity index is 605. The van der Waals surface area contributed by atoms with E-state index in [0.29, 0.717) is 5.69 Å². The van der Waals surface area contributed by atoms with Crippen molar-refractivity contribution in [2.75, 3.05) is 5.32 Å². The quantitative estimate of drug-likeness (QED) is 0.908. The van der Waals surface area contributed by atoms with Crippen molar-refractivity contribution in [2.24, 2.45) is 0 Å². The summed E-state index contributed by atoms with van der Waals surface area (Å²) in [7, 11) is 0. The smallest absolute Gasteiger partial charge is 0.352 e. The van der Waals surface area contributed by atoms with E-state index in [1.807, 2.05) is 12.1 Å². The molecule has 0 radical (unpaired) electrons. The number of halogens is 1. The fraction of sp³-hybridized carbons (Fsp3) is 0.0769. The summed E-state index contributed by atoms with van der Waals surface area (Å²) in [6.45, 7) is -0.0370. The molecule has 0 bridgehead atoms. The second-order valence-corrected chi connectivity index (χ2v) is 4.80. The van der Waals surface area contributed by atoms with Gasteiger partial charge in [0.15, 0.2) is 0 Å². The molecule has 5 nitrogen and oxygen atoms in total. The molecular formula is C13H11BrN2O3. The fourth-order valence-corrected chi connectivity index (χ4v) is 1.90. The van der Waals surface area contributed by atoms with E-state index in [-0.39, 0.29) is 18.1 Å². The van der Waals surface area contributed by atoms with E-state index in [4.69, 9.17) is 5.11 Å². The highest BCUT2D eigenvalue weighted by Crippen LogP contribution is 2.14. The zero-order valence-electron chi connectivity index (χ0n) is 9.84. The normalized spacial score (nSPS) is 10.2. The van der Waals surface area contributed by atoms with Crippen LogP contribution in [-0.4, -0.2) is 21.6 Å². The second-order valence-electron chi connectivity index (χ2n) is 3.88. The molecule has 0 saturated heterocycles. The van der Waals surface area contributed by atoms with Crippen molar-refractivity contribution in [1.82, 2.24) is 4.57 Å². The second kappa shape index (κ2) is 5.71. The van der Waals surface area contributed by atoms with Crippen molar-refractivity contribution >= 4 is 33.5 Å². The third-order valence-corrected chi connectivity index (χ3v) is 3.02. The Morgan fingerprint density at radius 2 is 1.89 bits per heavy atom. The molecule has 0 spiro atoms. The first-order valence-corrected chi connectivity index (χ1v) is 6.29. The van der Waals surface area contributed by atoms with Gasteiger partial charge in [0.2, 0.25) is 5.91 Å². The van der Waals surface area contributed by atoms with Gasteiger partial charge in [0.05, 0.1) is 0 Å². The zero-order valence-corrected chi connectivity index (χ0v) is 11.4. The summed E-state index contributed by atoms with van der Waals surface area (Å²) in [5.41, 5.74) is 0.753. The zero-order chi connectivity index (χ0) is 13.8. The molecule has 2 rings (SSSR count). The average molecular weight is 323 g/mol. The number of hydrogen-bond acceptors (Lipinski definition) is 2. The number of amides is 1. The van der Waals surface area contributed by atoms with Gasteiger partial charge in [-0.15, -0.1) is 0 Å². The maximum atomic E-state index is 11.8. The van der Waals surface area contributed by atoms with Crippen molar-refractivity contribution in [2.45, 2.75) is 6.54 Å². The van der Waals surface area contributed by atoms with Gasteiger partial charge < -0.3 is 15.0 Å². The molecule has 0 fully saturated rings. The van der Waals surface area contributed by atoms with Crippen molar-refractivity contribution in [3.63, 3.8) is 0 Å². The molecule has 0 aliphatic heterocycles. The van der Waals surface area contributed by atoms with Crippen molar-refractivity contribution < 1.29 is 14.7 Å². The van der Waals surface area contributed by atoms with Crippen molar-refractivity contribution in [3.05, 3.63) is 52.8 Å². The van der Waals surface area contributed by atoms with E-state index in [2.05, 4.69) is 21.2 Å². The SMILES string of the molecule is O=C(Cn1cccc1C(=O)O)Nc1ccc(Br)cc1. The summed E-state index contributed by atoms with van der Waals surface area (Å²) in [4.78, 5) is 22.7. The number of hydrogen-bond donors (Lipinski definition) is 2. The van der Waals surface area contributed by atoms with Crippen LogP contribution in [0.25, 0.3) is 0 Å². The van der Waals surface area contributed by atoms with Crippen LogP contribution in [0.4, 0.5) is 5.69 Å². The Morgan fingerprint density at radius 1 is 1.21 bits per heavy atom. The van der Waals surface area contributed by atoms with Crippen LogP contribution >= 0.6 is 15.9 Å². The van der Waals surface area contributed by atoms with Crippen LogP contribution in [0.1, 0.15) is 10.5 Å². The van der Waals surface area contributed by atoms with Crippen molar-refractivity contribution in [3.8, 4) is 0 Å². The van der Waals surface area contributed by atoms with Gasteiger partial charge in [0.25, 0.3) is 0 Å². The molecule has 0 aliphatic carbocycles. The van der Waals surface area contributed by atoms with E-state index in [0.717, 1.165) is 4.47 Å².